The minimum atomic E-state index is -0.529. The van der Waals surface area contributed by atoms with Crippen molar-refractivity contribution in [3.63, 3.8) is 0 Å². The van der Waals surface area contributed by atoms with Gasteiger partial charge in [0.2, 0.25) is 5.91 Å². The summed E-state index contributed by atoms with van der Waals surface area (Å²) in [4.78, 5) is 39.4. The summed E-state index contributed by atoms with van der Waals surface area (Å²) in [5.41, 5.74) is 4.17. The number of hydrogen-bond donors (Lipinski definition) is 1. The van der Waals surface area contributed by atoms with Gasteiger partial charge in [0.1, 0.15) is 13.2 Å². The van der Waals surface area contributed by atoms with Crippen molar-refractivity contribution >= 4 is 68.1 Å². The van der Waals surface area contributed by atoms with E-state index in [1.54, 1.807) is 36.4 Å². The average Bonchev–Trinajstić information content (AvgIpc) is 3.14. The zero-order chi connectivity index (χ0) is 28.1. The van der Waals surface area contributed by atoms with Crippen LogP contribution in [0.5, 0.6) is 11.5 Å². The number of carbonyl (C=O) groups is 3. The first kappa shape index (κ1) is 28.7. The van der Waals surface area contributed by atoms with E-state index in [1.807, 2.05) is 45.0 Å². The van der Waals surface area contributed by atoms with Crippen LogP contribution >= 0.6 is 39.3 Å². The molecule has 4 rings (SSSR count). The molecular weight excluding hydrogens is 604 g/mol. The van der Waals surface area contributed by atoms with Gasteiger partial charge in [0.15, 0.2) is 11.5 Å². The average molecular weight is 630 g/mol. The van der Waals surface area contributed by atoms with Crippen LogP contribution in [-0.4, -0.2) is 35.1 Å². The standard InChI is InChI=1S/C29H26BrClN2O5S/c1-4-37-24-13-20(12-22(30)27(24)38-16-19-8-10-21(31)11-9-19)14-25-28(35)33(29(36)39-25)15-26(34)32-23-7-5-6-17(2)18(23)3/h5-14H,4,15-16H2,1-3H3,(H,32,34)/b25-14+. The second-order valence-corrected chi connectivity index (χ2v) is 11.0. The predicted molar refractivity (Wildman–Crippen MR) is 158 cm³/mol. The third-order valence-electron chi connectivity index (χ3n) is 5.98. The van der Waals surface area contributed by atoms with Gasteiger partial charge in [0, 0.05) is 10.7 Å². The molecule has 0 aliphatic carbocycles. The topological polar surface area (TPSA) is 84.9 Å². The summed E-state index contributed by atoms with van der Waals surface area (Å²) in [5, 5.41) is 2.93. The van der Waals surface area contributed by atoms with Gasteiger partial charge in [-0.05, 0) is 107 Å². The van der Waals surface area contributed by atoms with Crippen LogP contribution in [0.4, 0.5) is 10.5 Å². The second-order valence-electron chi connectivity index (χ2n) is 8.74. The second kappa shape index (κ2) is 12.7. The molecule has 1 saturated heterocycles. The van der Waals surface area contributed by atoms with E-state index in [0.29, 0.717) is 45.5 Å². The molecule has 0 spiro atoms. The number of thioether (sulfide) groups is 1. The summed E-state index contributed by atoms with van der Waals surface area (Å²) in [6, 6.07) is 16.4. The van der Waals surface area contributed by atoms with E-state index in [-0.39, 0.29) is 11.4 Å². The number of carbonyl (C=O) groups excluding carboxylic acids is 3. The van der Waals surface area contributed by atoms with Crippen LogP contribution < -0.4 is 14.8 Å². The molecule has 1 fully saturated rings. The van der Waals surface area contributed by atoms with Crippen molar-refractivity contribution in [2.45, 2.75) is 27.4 Å². The molecule has 0 unspecified atom stereocenters. The van der Waals surface area contributed by atoms with E-state index in [4.69, 9.17) is 21.1 Å². The molecule has 1 N–H and O–H groups in total. The summed E-state index contributed by atoms with van der Waals surface area (Å²) in [6.45, 7) is 6.03. The highest BCUT2D eigenvalue weighted by molar-refractivity contribution is 9.10. The fourth-order valence-electron chi connectivity index (χ4n) is 3.82. The Balaban J connectivity index is 1.49. The number of nitrogens with one attached hydrogen (secondary N) is 1. The van der Waals surface area contributed by atoms with Crippen molar-refractivity contribution in [1.29, 1.82) is 0 Å². The first-order valence-corrected chi connectivity index (χ1v) is 14.1. The molecule has 1 aliphatic heterocycles. The molecule has 10 heteroatoms. The van der Waals surface area contributed by atoms with Gasteiger partial charge in [-0.1, -0.05) is 35.9 Å². The summed E-state index contributed by atoms with van der Waals surface area (Å²) in [5.74, 6) is 0.0217. The lowest BCUT2D eigenvalue weighted by Gasteiger charge is -2.15. The minimum Gasteiger partial charge on any atom is -0.490 e. The van der Waals surface area contributed by atoms with Gasteiger partial charge in [0.25, 0.3) is 11.1 Å². The molecule has 0 radical (unpaired) electrons. The van der Waals surface area contributed by atoms with Gasteiger partial charge in [-0.3, -0.25) is 19.3 Å². The number of amides is 3. The fourth-order valence-corrected chi connectivity index (χ4v) is 5.36. The maximum Gasteiger partial charge on any atom is 0.294 e. The number of anilines is 1. The Morgan fingerprint density at radius 3 is 2.56 bits per heavy atom. The van der Waals surface area contributed by atoms with Crippen molar-refractivity contribution in [3.8, 4) is 11.5 Å². The van der Waals surface area contributed by atoms with Gasteiger partial charge >= 0.3 is 0 Å². The third-order valence-corrected chi connectivity index (χ3v) is 7.73. The number of nitrogens with zero attached hydrogens (tertiary/aromatic N) is 1. The van der Waals surface area contributed by atoms with Crippen LogP contribution in [0.25, 0.3) is 6.08 Å². The number of rotatable bonds is 9. The molecule has 1 heterocycles. The van der Waals surface area contributed by atoms with Crippen LogP contribution in [0.15, 0.2) is 64.0 Å². The maximum absolute atomic E-state index is 13.0. The molecule has 0 aromatic heterocycles. The zero-order valence-electron chi connectivity index (χ0n) is 21.5. The molecule has 39 heavy (non-hydrogen) atoms. The Labute approximate surface area is 244 Å². The van der Waals surface area contributed by atoms with Crippen molar-refractivity contribution in [2.75, 3.05) is 18.5 Å². The fraction of sp³-hybridized carbons (Fsp3) is 0.207. The highest BCUT2D eigenvalue weighted by Gasteiger charge is 2.36. The lowest BCUT2D eigenvalue weighted by Crippen LogP contribution is -2.36. The molecule has 3 aromatic carbocycles. The first-order valence-electron chi connectivity index (χ1n) is 12.1. The van der Waals surface area contributed by atoms with E-state index in [1.165, 1.54) is 0 Å². The molecule has 3 amide bonds. The van der Waals surface area contributed by atoms with Crippen molar-refractivity contribution in [2.24, 2.45) is 0 Å². The van der Waals surface area contributed by atoms with E-state index < -0.39 is 17.1 Å². The van der Waals surface area contributed by atoms with Crippen LogP contribution in [-0.2, 0) is 16.2 Å². The molecule has 0 atom stereocenters. The monoisotopic (exact) mass is 628 g/mol. The number of benzene rings is 3. The molecule has 0 saturated carbocycles. The van der Waals surface area contributed by atoms with Crippen LogP contribution in [0, 0.1) is 13.8 Å². The Kier molecular flexibility index (Phi) is 9.37. The molecule has 7 nitrogen and oxygen atoms in total. The van der Waals surface area contributed by atoms with Crippen molar-refractivity contribution < 1.29 is 23.9 Å². The number of imide groups is 1. The van der Waals surface area contributed by atoms with Crippen LogP contribution in [0.1, 0.15) is 29.2 Å². The smallest absolute Gasteiger partial charge is 0.294 e. The predicted octanol–water partition coefficient (Wildman–Crippen LogP) is 7.37. The Morgan fingerprint density at radius 1 is 1.10 bits per heavy atom. The summed E-state index contributed by atoms with van der Waals surface area (Å²) >= 11 is 10.3. The van der Waals surface area contributed by atoms with Gasteiger partial charge in [-0.25, -0.2) is 0 Å². The number of aryl methyl sites for hydroxylation is 1. The largest absolute Gasteiger partial charge is 0.490 e. The van der Waals surface area contributed by atoms with Gasteiger partial charge < -0.3 is 14.8 Å². The Hall–Kier alpha value is -3.27. The quantitative estimate of drug-likeness (QED) is 0.249. The normalized spacial score (nSPS) is 14.2. The van der Waals surface area contributed by atoms with Crippen molar-refractivity contribution in [3.05, 3.63) is 91.3 Å². The number of ether oxygens (including phenoxy) is 2. The first-order chi connectivity index (χ1) is 18.7. The highest BCUT2D eigenvalue weighted by Crippen LogP contribution is 2.40. The number of halogens is 2. The molecule has 202 valence electrons. The van der Waals surface area contributed by atoms with Gasteiger partial charge in [-0.2, -0.15) is 0 Å². The number of hydrogen-bond acceptors (Lipinski definition) is 6. The zero-order valence-corrected chi connectivity index (χ0v) is 24.7. The third kappa shape index (κ3) is 7.03. The highest BCUT2D eigenvalue weighted by atomic mass is 79.9. The van der Waals surface area contributed by atoms with E-state index >= 15 is 0 Å². The Bertz CT molecular complexity index is 1460. The maximum atomic E-state index is 13.0. The lowest BCUT2D eigenvalue weighted by atomic mass is 10.1. The summed E-state index contributed by atoms with van der Waals surface area (Å²) in [7, 11) is 0. The molecular formula is C29H26BrClN2O5S. The molecule has 3 aromatic rings. The van der Waals surface area contributed by atoms with Crippen molar-refractivity contribution in [1.82, 2.24) is 4.90 Å². The minimum absolute atomic E-state index is 0.212. The Morgan fingerprint density at radius 2 is 1.85 bits per heavy atom. The molecule has 0 bridgehead atoms. The van der Waals surface area contributed by atoms with Gasteiger partial charge in [-0.15, -0.1) is 0 Å². The van der Waals surface area contributed by atoms with E-state index in [9.17, 15) is 14.4 Å². The van der Waals surface area contributed by atoms with Gasteiger partial charge in [0.05, 0.1) is 16.0 Å². The summed E-state index contributed by atoms with van der Waals surface area (Å²) < 4.78 is 12.4. The molecule has 1 aliphatic rings. The van der Waals surface area contributed by atoms with Crippen LogP contribution in [0.2, 0.25) is 5.02 Å². The summed E-state index contributed by atoms with van der Waals surface area (Å²) in [6.07, 6.45) is 1.60. The van der Waals surface area contributed by atoms with Crippen LogP contribution in [0.3, 0.4) is 0 Å². The SMILES string of the molecule is CCOc1cc(/C=C2/SC(=O)N(CC(=O)Nc3cccc(C)c3C)C2=O)cc(Br)c1OCc1ccc(Cl)cc1. The lowest BCUT2D eigenvalue weighted by molar-refractivity contribution is -0.127. The van der Waals surface area contributed by atoms with E-state index in [2.05, 4.69) is 21.2 Å². The van der Waals surface area contributed by atoms with E-state index in [0.717, 1.165) is 33.4 Å².